The van der Waals surface area contributed by atoms with E-state index >= 15 is 0 Å². The molecule has 2 aliphatic carbocycles. The van der Waals surface area contributed by atoms with E-state index in [1.807, 2.05) is 0 Å². The first-order valence-corrected chi connectivity index (χ1v) is 5.39. The minimum atomic E-state index is -0.745. The Morgan fingerprint density at radius 3 is 2.20 bits per heavy atom. The number of rotatable bonds is 3. The monoisotopic (exact) mass is 206 g/mol. The molecular weight excluding hydrogens is 188 g/mol. The van der Waals surface area contributed by atoms with Crippen LogP contribution in [0.5, 0.6) is 0 Å². The largest absolute Gasteiger partial charge is 0.481 e. The van der Waals surface area contributed by atoms with Gasteiger partial charge in [0.25, 0.3) is 0 Å². The molecule has 15 heavy (non-hydrogen) atoms. The van der Waals surface area contributed by atoms with E-state index in [0.29, 0.717) is 0 Å². The Morgan fingerprint density at radius 2 is 2.00 bits per heavy atom. The van der Waals surface area contributed by atoms with E-state index in [9.17, 15) is 4.79 Å². The third kappa shape index (κ3) is 3.08. The van der Waals surface area contributed by atoms with Gasteiger partial charge in [0.05, 0.1) is 0 Å². The van der Waals surface area contributed by atoms with Gasteiger partial charge < -0.3 is 5.11 Å². The Balaban J connectivity index is 0.000000195. The van der Waals surface area contributed by atoms with Gasteiger partial charge in [0.15, 0.2) is 0 Å². The zero-order chi connectivity index (χ0) is 11.4. The molecule has 0 amide bonds. The second-order valence-corrected chi connectivity index (χ2v) is 4.22. The van der Waals surface area contributed by atoms with Crippen LogP contribution in [0.15, 0.2) is 18.2 Å². The molecule has 0 saturated carbocycles. The van der Waals surface area contributed by atoms with Crippen LogP contribution in [0.1, 0.15) is 32.8 Å². The van der Waals surface area contributed by atoms with Crippen molar-refractivity contribution in [3.8, 4) is 0 Å². The van der Waals surface area contributed by atoms with Crippen molar-refractivity contribution in [3.05, 3.63) is 34.2 Å². The number of carbonyl (C=O) groups is 1. The van der Waals surface area contributed by atoms with E-state index in [-0.39, 0.29) is 6.42 Å². The molecule has 0 aromatic carbocycles. The minimum Gasteiger partial charge on any atom is -0.481 e. The fraction of sp³-hybridized carbons (Fsp3) is 0.462. The highest BCUT2D eigenvalue weighted by atomic mass is 16.4. The van der Waals surface area contributed by atoms with Crippen molar-refractivity contribution >= 4 is 5.97 Å². The average molecular weight is 206 g/mol. The van der Waals surface area contributed by atoms with Crippen LogP contribution in [0, 0.1) is 16.4 Å². The zero-order valence-corrected chi connectivity index (χ0v) is 9.58. The fourth-order valence-electron chi connectivity index (χ4n) is 1.48. The normalized spacial score (nSPS) is 10.7. The number of aliphatic carboxylic acids is 1. The van der Waals surface area contributed by atoms with Crippen LogP contribution in [0.2, 0.25) is 0 Å². The molecule has 0 fully saturated rings. The Labute approximate surface area is 90.3 Å². The molecule has 0 aromatic rings. The van der Waals surface area contributed by atoms with Crippen molar-refractivity contribution in [3.63, 3.8) is 0 Å². The zero-order valence-electron chi connectivity index (χ0n) is 9.58. The first kappa shape index (κ1) is 11.8. The first-order chi connectivity index (χ1) is 7.04. The lowest BCUT2D eigenvalue weighted by molar-refractivity contribution is -0.136. The van der Waals surface area contributed by atoms with Crippen LogP contribution < -0.4 is 0 Å². The number of benzene rings is 1. The highest BCUT2D eigenvalue weighted by Gasteiger charge is 2.06. The van der Waals surface area contributed by atoms with Gasteiger partial charge in [-0.2, -0.15) is 0 Å². The third-order valence-electron chi connectivity index (χ3n) is 2.35. The smallest absolute Gasteiger partial charge is 0.303 e. The number of carboxylic acids is 1. The van der Waals surface area contributed by atoms with Crippen molar-refractivity contribution in [2.45, 2.75) is 33.6 Å². The molecule has 2 nitrogen and oxygen atoms in total. The molecule has 2 rings (SSSR count). The lowest BCUT2D eigenvalue weighted by Gasteiger charge is -2.12. The molecular formula is C13H18O2. The van der Waals surface area contributed by atoms with Gasteiger partial charge in [-0.05, 0) is 28.3 Å². The van der Waals surface area contributed by atoms with Crippen molar-refractivity contribution in [1.29, 1.82) is 0 Å². The van der Waals surface area contributed by atoms with Crippen LogP contribution in [0.25, 0.3) is 0 Å². The Kier molecular flexibility index (Phi) is 3.89. The molecule has 0 unspecified atom stereocenters. The van der Waals surface area contributed by atoms with Gasteiger partial charge in [0.1, 0.15) is 0 Å². The molecule has 0 atom stereocenters. The maximum absolute atomic E-state index is 9.37. The SMILES string of the molecule is CC(C)Cc1cc2ccc1=2.CCC(=O)O. The standard InChI is InChI=1S/C10H12.C3H6O2/c1-7(2)5-9-6-8-3-4-10(8)9;1-2-3(4)5/h3-4,6-7H,5H2,1-2H3;2H2,1H3,(H,4,5). The summed E-state index contributed by atoms with van der Waals surface area (Å²) in [7, 11) is 0. The lowest BCUT2D eigenvalue weighted by atomic mass is 9.92. The van der Waals surface area contributed by atoms with Crippen molar-refractivity contribution in [2.75, 3.05) is 0 Å². The second-order valence-electron chi connectivity index (χ2n) is 4.22. The van der Waals surface area contributed by atoms with Gasteiger partial charge in [-0.25, -0.2) is 0 Å². The van der Waals surface area contributed by atoms with Crippen LogP contribution in [-0.2, 0) is 11.2 Å². The van der Waals surface area contributed by atoms with Gasteiger partial charge >= 0.3 is 5.97 Å². The van der Waals surface area contributed by atoms with E-state index < -0.39 is 5.97 Å². The highest BCUT2D eigenvalue weighted by Crippen LogP contribution is 2.18. The van der Waals surface area contributed by atoms with E-state index in [2.05, 4.69) is 32.0 Å². The second kappa shape index (κ2) is 4.96. The summed E-state index contributed by atoms with van der Waals surface area (Å²) < 4.78 is 0. The predicted octanol–water partition coefficient (Wildman–Crippen LogP) is 2.97. The van der Waals surface area contributed by atoms with Gasteiger partial charge in [0.2, 0.25) is 0 Å². The van der Waals surface area contributed by atoms with Crippen LogP contribution >= 0.6 is 0 Å². The molecule has 2 aliphatic rings. The maximum atomic E-state index is 9.37. The van der Waals surface area contributed by atoms with Crippen molar-refractivity contribution in [2.24, 2.45) is 5.92 Å². The van der Waals surface area contributed by atoms with E-state index in [4.69, 9.17) is 5.11 Å². The van der Waals surface area contributed by atoms with Crippen LogP contribution in [0.4, 0.5) is 0 Å². The van der Waals surface area contributed by atoms with Gasteiger partial charge in [-0.15, -0.1) is 0 Å². The quantitative estimate of drug-likeness (QED) is 0.838. The van der Waals surface area contributed by atoms with Gasteiger partial charge in [-0.1, -0.05) is 39.0 Å². The molecule has 0 spiro atoms. The van der Waals surface area contributed by atoms with Gasteiger partial charge in [0, 0.05) is 6.42 Å². The molecule has 82 valence electrons. The lowest BCUT2D eigenvalue weighted by Crippen LogP contribution is -2.01. The molecule has 0 aromatic heterocycles. The molecule has 0 heterocycles. The Hall–Kier alpha value is -1.31. The topological polar surface area (TPSA) is 37.3 Å². The van der Waals surface area contributed by atoms with Crippen LogP contribution in [0.3, 0.4) is 0 Å². The average Bonchev–Trinajstić information content (AvgIpc) is 2.13. The van der Waals surface area contributed by atoms with Crippen molar-refractivity contribution in [1.82, 2.24) is 0 Å². The predicted molar refractivity (Wildman–Crippen MR) is 60.6 cm³/mol. The number of hydrogen-bond donors (Lipinski definition) is 1. The van der Waals surface area contributed by atoms with Crippen molar-refractivity contribution < 1.29 is 9.90 Å². The van der Waals surface area contributed by atoms with Gasteiger partial charge in [-0.3, -0.25) is 4.79 Å². The summed E-state index contributed by atoms with van der Waals surface area (Å²) in [4.78, 5) is 9.37. The molecule has 0 saturated heterocycles. The summed E-state index contributed by atoms with van der Waals surface area (Å²) in [5.74, 6) is 0.0549. The maximum Gasteiger partial charge on any atom is 0.303 e. The number of hydrogen-bond acceptors (Lipinski definition) is 1. The minimum absolute atomic E-state index is 0.222. The van der Waals surface area contributed by atoms with E-state index in [1.165, 1.54) is 16.9 Å². The molecule has 0 aliphatic heterocycles. The molecule has 1 N–H and O–H groups in total. The third-order valence-corrected chi connectivity index (χ3v) is 2.35. The summed E-state index contributed by atoms with van der Waals surface area (Å²) in [5, 5.41) is 10.7. The summed E-state index contributed by atoms with van der Waals surface area (Å²) in [6.07, 6.45) is 1.48. The molecule has 0 radical (unpaired) electrons. The van der Waals surface area contributed by atoms with Crippen LogP contribution in [-0.4, -0.2) is 11.1 Å². The fourth-order valence-corrected chi connectivity index (χ4v) is 1.48. The number of carboxylic acid groups (broad SMARTS) is 1. The Morgan fingerprint density at radius 1 is 1.40 bits per heavy atom. The highest BCUT2D eigenvalue weighted by molar-refractivity contribution is 5.66. The first-order valence-electron chi connectivity index (χ1n) is 5.39. The van der Waals surface area contributed by atoms with E-state index in [1.54, 1.807) is 12.5 Å². The summed E-state index contributed by atoms with van der Waals surface area (Å²) in [6, 6.07) is 6.70. The summed E-state index contributed by atoms with van der Waals surface area (Å²) in [6.45, 7) is 6.13. The Bertz CT molecular complexity index is 432. The summed E-state index contributed by atoms with van der Waals surface area (Å²) >= 11 is 0. The van der Waals surface area contributed by atoms with E-state index in [0.717, 1.165) is 5.92 Å². The summed E-state index contributed by atoms with van der Waals surface area (Å²) in [5.41, 5.74) is 1.56. The molecule has 2 heteroatoms. The molecule has 0 bridgehead atoms.